The van der Waals surface area contributed by atoms with Gasteiger partial charge in [0.25, 0.3) is 0 Å². The minimum atomic E-state index is 0. The van der Waals surface area contributed by atoms with Crippen molar-refractivity contribution in [1.29, 1.82) is 0 Å². The standard InChI is InChI=1S/C19H26N2O3S.C2H6.H2/c1-13(2)16(10-15-11-25-12-20-15)21-19(22)8-6-14-5-7-17(23-3)18(9-14)24-4;1-2;/h5,7,9,11-13,16H,6,8,10H2,1-4H3,(H,21,22);1-2H3;1H/t16-;;/m0../s1. The molecule has 1 N–H and O–H groups in total. The van der Waals surface area contributed by atoms with Crippen molar-refractivity contribution in [3.63, 3.8) is 0 Å². The Morgan fingerprint density at radius 3 is 2.48 bits per heavy atom. The fourth-order valence-corrected chi connectivity index (χ4v) is 3.16. The van der Waals surface area contributed by atoms with Crippen LogP contribution in [0.5, 0.6) is 11.5 Å². The predicted molar refractivity (Wildman–Crippen MR) is 114 cm³/mol. The number of aryl methyl sites for hydroxylation is 1. The van der Waals surface area contributed by atoms with Crippen LogP contribution >= 0.6 is 11.3 Å². The maximum atomic E-state index is 12.4. The molecule has 1 aromatic carbocycles. The Labute approximate surface area is 168 Å². The number of rotatable bonds is 9. The molecular formula is C21H34N2O3S. The first-order valence-corrected chi connectivity index (χ1v) is 10.3. The average Bonchev–Trinajstić information content (AvgIpc) is 3.20. The van der Waals surface area contributed by atoms with E-state index in [0.29, 0.717) is 30.3 Å². The third-order valence-electron chi connectivity index (χ3n) is 4.15. The van der Waals surface area contributed by atoms with Crippen LogP contribution in [0.25, 0.3) is 0 Å². The maximum absolute atomic E-state index is 12.4. The lowest BCUT2D eigenvalue weighted by atomic mass is 9.99. The van der Waals surface area contributed by atoms with Gasteiger partial charge in [0.05, 0.1) is 25.4 Å². The molecule has 1 atom stereocenters. The molecule has 2 aromatic rings. The second-order valence-electron chi connectivity index (χ2n) is 6.29. The van der Waals surface area contributed by atoms with E-state index in [1.807, 2.05) is 42.9 Å². The molecule has 0 aliphatic heterocycles. The summed E-state index contributed by atoms with van der Waals surface area (Å²) in [5.74, 6) is 1.79. The van der Waals surface area contributed by atoms with Crippen LogP contribution in [0.3, 0.4) is 0 Å². The normalized spacial score (nSPS) is 11.4. The SMILES string of the molecule is CC.COc1ccc(CCC(=O)N[C@@H](Cc2cscn2)C(C)C)cc1OC.[HH]. The molecule has 0 saturated carbocycles. The van der Waals surface area contributed by atoms with Gasteiger partial charge in [-0.2, -0.15) is 0 Å². The second kappa shape index (κ2) is 12.3. The Bertz CT molecular complexity index is 678. The summed E-state index contributed by atoms with van der Waals surface area (Å²) in [6.07, 6.45) is 1.87. The largest absolute Gasteiger partial charge is 0.493 e. The summed E-state index contributed by atoms with van der Waals surface area (Å²) in [6, 6.07) is 5.84. The lowest BCUT2D eigenvalue weighted by Gasteiger charge is -2.21. The van der Waals surface area contributed by atoms with Gasteiger partial charge in [-0.3, -0.25) is 4.79 Å². The van der Waals surface area contributed by atoms with Crippen LogP contribution < -0.4 is 14.8 Å². The van der Waals surface area contributed by atoms with Crippen molar-refractivity contribution < 1.29 is 15.7 Å². The lowest BCUT2D eigenvalue weighted by molar-refractivity contribution is -0.122. The monoisotopic (exact) mass is 394 g/mol. The third-order valence-corrected chi connectivity index (χ3v) is 4.79. The Kier molecular flexibility index (Phi) is 10.5. The van der Waals surface area contributed by atoms with E-state index in [1.54, 1.807) is 25.6 Å². The van der Waals surface area contributed by atoms with E-state index in [2.05, 4.69) is 24.1 Å². The van der Waals surface area contributed by atoms with Crippen LogP contribution in [0, 0.1) is 5.92 Å². The number of hydrogen-bond donors (Lipinski definition) is 1. The number of benzene rings is 1. The number of carbonyl (C=O) groups excluding carboxylic acids is 1. The molecule has 0 unspecified atom stereocenters. The minimum absolute atomic E-state index is 0. The number of thiazole rings is 1. The first kappa shape index (κ1) is 23.0. The Morgan fingerprint density at radius 1 is 1.22 bits per heavy atom. The van der Waals surface area contributed by atoms with Crippen molar-refractivity contribution in [2.75, 3.05) is 14.2 Å². The van der Waals surface area contributed by atoms with Gasteiger partial charge in [0.2, 0.25) is 5.91 Å². The lowest BCUT2D eigenvalue weighted by Crippen LogP contribution is -2.40. The number of amides is 1. The Hall–Kier alpha value is -2.08. The molecule has 0 saturated heterocycles. The maximum Gasteiger partial charge on any atom is 0.220 e. The fourth-order valence-electron chi connectivity index (χ4n) is 2.59. The van der Waals surface area contributed by atoms with Crippen molar-refractivity contribution >= 4 is 17.2 Å². The van der Waals surface area contributed by atoms with Gasteiger partial charge in [-0.15, -0.1) is 11.3 Å². The molecule has 1 heterocycles. The van der Waals surface area contributed by atoms with Gasteiger partial charge in [0.1, 0.15) is 0 Å². The fraction of sp³-hybridized carbons (Fsp3) is 0.524. The molecule has 0 spiro atoms. The molecular weight excluding hydrogens is 360 g/mol. The summed E-state index contributed by atoms with van der Waals surface area (Å²) in [5, 5.41) is 5.18. The summed E-state index contributed by atoms with van der Waals surface area (Å²) in [4.78, 5) is 16.7. The number of carbonyl (C=O) groups is 1. The van der Waals surface area contributed by atoms with Gasteiger partial charge < -0.3 is 14.8 Å². The Balaban J connectivity index is 0.00000235. The van der Waals surface area contributed by atoms with E-state index in [1.165, 1.54) is 0 Å². The number of hydrogen-bond acceptors (Lipinski definition) is 5. The predicted octanol–water partition coefficient (Wildman–Crippen LogP) is 4.75. The second-order valence-corrected chi connectivity index (χ2v) is 7.01. The van der Waals surface area contributed by atoms with E-state index in [-0.39, 0.29) is 13.4 Å². The molecule has 0 bridgehead atoms. The Morgan fingerprint density at radius 2 is 1.93 bits per heavy atom. The minimum Gasteiger partial charge on any atom is -0.493 e. The van der Waals surface area contributed by atoms with E-state index in [9.17, 15) is 4.79 Å². The van der Waals surface area contributed by atoms with Gasteiger partial charge in [0, 0.05) is 25.7 Å². The van der Waals surface area contributed by atoms with Crippen LogP contribution in [0.4, 0.5) is 0 Å². The molecule has 0 fully saturated rings. The molecule has 5 nitrogen and oxygen atoms in total. The highest BCUT2D eigenvalue weighted by Gasteiger charge is 2.17. The number of aromatic nitrogens is 1. The molecule has 27 heavy (non-hydrogen) atoms. The smallest absolute Gasteiger partial charge is 0.220 e. The highest BCUT2D eigenvalue weighted by molar-refractivity contribution is 7.07. The molecule has 6 heteroatoms. The molecule has 0 radical (unpaired) electrons. The summed E-state index contributed by atoms with van der Waals surface area (Å²) in [6.45, 7) is 8.23. The number of ether oxygens (including phenoxy) is 2. The van der Waals surface area contributed by atoms with Crippen molar-refractivity contribution in [2.24, 2.45) is 5.92 Å². The van der Waals surface area contributed by atoms with Crippen LogP contribution in [0.2, 0.25) is 0 Å². The van der Waals surface area contributed by atoms with Crippen LogP contribution in [-0.2, 0) is 17.6 Å². The molecule has 0 aliphatic carbocycles. The first-order chi connectivity index (χ1) is 13.0. The van der Waals surface area contributed by atoms with Crippen molar-refractivity contribution in [3.8, 4) is 11.5 Å². The summed E-state index contributed by atoms with van der Waals surface area (Å²) in [5.41, 5.74) is 3.91. The quantitative estimate of drug-likeness (QED) is 0.667. The zero-order valence-electron chi connectivity index (χ0n) is 17.2. The molecule has 1 amide bonds. The van der Waals surface area contributed by atoms with Crippen molar-refractivity contribution in [3.05, 3.63) is 40.3 Å². The highest BCUT2D eigenvalue weighted by Crippen LogP contribution is 2.28. The summed E-state index contributed by atoms with van der Waals surface area (Å²) >= 11 is 1.58. The molecule has 1 aromatic heterocycles. The molecule has 152 valence electrons. The summed E-state index contributed by atoms with van der Waals surface area (Å²) < 4.78 is 10.5. The number of nitrogens with zero attached hydrogens (tertiary/aromatic N) is 1. The van der Waals surface area contributed by atoms with Crippen LogP contribution in [0.1, 0.15) is 46.8 Å². The first-order valence-electron chi connectivity index (χ1n) is 9.40. The van der Waals surface area contributed by atoms with Crippen molar-refractivity contribution in [2.45, 2.75) is 53.0 Å². The van der Waals surface area contributed by atoms with Gasteiger partial charge in [-0.05, 0) is 30.0 Å². The average molecular weight is 395 g/mol. The van der Waals surface area contributed by atoms with Crippen LogP contribution in [0.15, 0.2) is 29.1 Å². The van der Waals surface area contributed by atoms with E-state index in [4.69, 9.17) is 9.47 Å². The summed E-state index contributed by atoms with van der Waals surface area (Å²) in [7, 11) is 3.22. The molecule has 0 aliphatic rings. The van der Waals surface area contributed by atoms with Gasteiger partial charge >= 0.3 is 0 Å². The number of nitrogens with one attached hydrogen (secondary N) is 1. The zero-order valence-corrected chi connectivity index (χ0v) is 18.1. The topological polar surface area (TPSA) is 60.5 Å². The van der Waals surface area contributed by atoms with Gasteiger partial charge in [-0.25, -0.2) is 4.98 Å². The highest BCUT2D eigenvalue weighted by atomic mass is 32.1. The number of methoxy groups -OCH3 is 2. The van der Waals surface area contributed by atoms with Gasteiger partial charge in [-0.1, -0.05) is 33.8 Å². The van der Waals surface area contributed by atoms with E-state index >= 15 is 0 Å². The van der Waals surface area contributed by atoms with Gasteiger partial charge in [0.15, 0.2) is 11.5 Å². The van der Waals surface area contributed by atoms with E-state index in [0.717, 1.165) is 17.7 Å². The van der Waals surface area contributed by atoms with E-state index < -0.39 is 0 Å². The zero-order chi connectivity index (χ0) is 20.2. The van der Waals surface area contributed by atoms with Crippen molar-refractivity contribution in [1.82, 2.24) is 10.3 Å². The third kappa shape index (κ3) is 7.59. The molecule has 2 rings (SSSR count). The van der Waals surface area contributed by atoms with Crippen LogP contribution in [-0.4, -0.2) is 31.2 Å².